The van der Waals surface area contributed by atoms with Crippen molar-refractivity contribution in [2.24, 2.45) is 0 Å². The Kier molecular flexibility index (Phi) is 4.89. The molecule has 0 unspecified atom stereocenters. The number of benzene rings is 1. The van der Waals surface area contributed by atoms with E-state index in [0.717, 1.165) is 11.4 Å². The fraction of sp³-hybridized carbons (Fsp3) is 0.316. The molecule has 0 aliphatic carbocycles. The van der Waals surface area contributed by atoms with Crippen LogP contribution in [0.25, 0.3) is 10.9 Å². The smallest absolute Gasteiger partial charge is 0.328 e. The number of aromatic nitrogens is 4. The van der Waals surface area contributed by atoms with Gasteiger partial charge in [0, 0.05) is 18.0 Å². The summed E-state index contributed by atoms with van der Waals surface area (Å²) >= 11 is 0. The van der Waals surface area contributed by atoms with Crippen LogP contribution in [0.5, 0.6) is 0 Å². The Morgan fingerprint density at radius 3 is 2.48 bits per heavy atom. The molecular formula is C19H21N5O3. The van der Waals surface area contributed by atoms with Crippen molar-refractivity contribution in [2.75, 3.05) is 5.32 Å². The van der Waals surface area contributed by atoms with Gasteiger partial charge in [-0.25, -0.2) is 9.97 Å². The Labute approximate surface area is 156 Å². The maximum absolute atomic E-state index is 12.2. The van der Waals surface area contributed by atoms with Crippen LogP contribution in [0.4, 0.5) is 11.4 Å². The number of ether oxygens (including phenoxy) is 1. The minimum atomic E-state index is -0.585. The second-order valence-corrected chi connectivity index (χ2v) is 7.13. The number of esters is 1. The van der Waals surface area contributed by atoms with Gasteiger partial charge < -0.3 is 10.1 Å². The van der Waals surface area contributed by atoms with Crippen molar-refractivity contribution in [1.29, 1.82) is 0 Å². The number of Topliss-reactive ketones (excluding diaryl/α,β-unsaturated/α-hetero) is 1. The van der Waals surface area contributed by atoms with E-state index in [-0.39, 0.29) is 12.3 Å². The number of nitrogens with zero attached hydrogens (tertiary/aromatic N) is 4. The number of ketones is 1. The molecule has 0 spiro atoms. The van der Waals surface area contributed by atoms with Gasteiger partial charge in [-0.3, -0.25) is 14.3 Å². The number of anilines is 2. The molecule has 27 heavy (non-hydrogen) atoms. The molecule has 0 aliphatic rings. The lowest BCUT2D eigenvalue weighted by molar-refractivity contribution is -0.155. The van der Waals surface area contributed by atoms with Gasteiger partial charge >= 0.3 is 5.97 Å². The quantitative estimate of drug-likeness (QED) is 0.546. The molecule has 0 atom stereocenters. The normalized spacial score (nSPS) is 11.4. The second-order valence-electron chi connectivity index (χ2n) is 7.13. The number of carbonyl (C=O) groups is 2. The van der Waals surface area contributed by atoms with Crippen LogP contribution in [-0.4, -0.2) is 37.1 Å². The van der Waals surface area contributed by atoms with Crippen LogP contribution in [-0.2, 0) is 16.1 Å². The van der Waals surface area contributed by atoms with Crippen molar-refractivity contribution in [3.63, 3.8) is 0 Å². The molecule has 8 heteroatoms. The van der Waals surface area contributed by atoms with Crippen LogP contribution in [0.15, 0.2) is 36.9 Å². The largest absolute Gasteiger partial charge is 0.459 e. The second kappa shape index (κ2) is 7.14. The van der Waals surface area contributed by atoms with Gasteiger partial charge in [-0.2, -0.15) is 5.10 Å². The Balaban J connectivity index is 1.95. The monoisotopic (exact) mass is 367 g/mol. The molecule has 3 aromatic rings. The van der Waals surface area contributed by atoms with E-state index in [9.17, 15) is 9.59 Å². The van der Waals surface area contributed by atoms with Crippen LogP contribution >= 0.6 is 0 Å². The Morgan fingerprint density at radius 1 is 1.15 bits per heavy atom. The van der Waals surface area contributed by atoms with Crippen LogP contribution < -0.4 is 5.32 Å². The summed E-state index contributed by atoms with van der Waals surface area (Å²) in [7, 11) is 0. The number of nitrogens with one attached hydrogen (secondary N) is 1. The fourth-order valence-electron chi connectivity index (χ4n) is 2.66. The first-order valence-electron chi connectivity index (χ1n) is 8.48. The molecule has 1 aromatic carbocycles. The number of fused-ring (bicyclic) bond motifs is 1. The standard InChI is InChI=1S/C19H21N5O3/c1-12(25)18-15-7-13(22-14-8-20-11-21-9-14)5-6-16(15)24(23-18)10-17(26)27-19(2,3)4/h5-9,11,22H,10H2,1-4H3. The minimum Gasteiger partial charge on any atom is -0.459 e. The maximum Gasteiger partial charge on any atom is 0.328 e. The molecule has 3 rings (SSSR count). The average Bonchev–Trinajstić information content (AvgIpc) is 2.92. The fourth-order valence-corrected chi connectivity index (χ4v) is 2.66. The van der Waals surface area contributed by atoms with Crippen molar-refractivity contribution < 1.29 is 14.3 Å². The highest BCUT2D eigenvalue weighted by Crippen LogP contribution is 2.25. The van der Waals surface area contributed by atoms with Crippen molar-refractivity contribution >= 4 is 34.0 Å². The summed E-state index contributed by atoms with van der Waals surface area (Å²) < 4.78 is 6.85. The Hall–Kier alpha value is -3.29. The van der Waals surface area contributed by atoms with Gasteiger partial charge in [0.05, 0.1) is 23.6 Å². The van der Waals surface area contributed by atoms with Crippen LogP contribution in [0, 0.1) is 0 Å². The molecule has 1 N–H and O–H groups in total. The summed E-state index contributed by atoms with van der Waals surface area (Å²) in [6, 6.07) is 5.47. The molecule has 0 saturated carbocycles. The van der Waals surface area contributed by atoms with Gasteiger partial charge in [-0.1, -0.05) is 0 Å². The first-order chi connectivity index (χ1) is 12.7. The number of hydrogen-bond acceptors (Lipinski definition) is 7. The lowest BCUT2D eigenvalue weighted by Gasteiger charge is -2.19. The molecule has 0 saturated heterocycles. The summed E-state index contributed by atoms with van der Waals surface area (Å²) in [5, 5.41) is 8.16. The van der Waals surface area contributed by atoms with E-state index in [0.29, 0.717) is 16.6 Å². The number of hydrogen-bond donors (Lipinski definition) is 1. The van der Waals surface area contributed by atoms with E-state index in [1.165, 1.54) is 17.9 Å². The molecule has 0 bridgehead atoms. The van der Waals surface area contributed by atoms with Crippen molar-refractivity contribution in [1.82, 2.24) is 19.7 Å². The third kappa shape index (κ3) is 4.46. The summed E-state index contributed by atoms with van der Waals surface area (Å²) in [5.41, 5.74) is 1.89. The van der Waals surface area contributed by atoms with Crippen molar-refractivity contribution in [2.45, 2.75) is 39.8 Å². The number of rotatable bonds is 5. The predicted molar refractivity (Wildman–Crippen MR) is 101 cm³/mol. The molecular weight excluding hydrogens is 346 g/mol. The van der Waals surface area contributed by atoms with Gasteiger partial charge in [0.15, 0.2) is 5.78 Å². The zero-order valence-corrected chi connectivity index (χ0v) is 15.7. The van der Waals surface area contributed by atoms with E-state index in [1.807, 2.05) is 18.2 Å². The van der Waals surface area contributed by atoms with E-state index < -0.39 is 11.6 Å². The third-order valence-electron chi connectivity index (χ3n) is 3.63. The van der Waals surface area contributed by atoms with E-state index >= 15 is 0 Å². The van der Waals surface area contributed by atoms with Gasteiger partial charge in [0.2, 0.25) is 0 Å². The lowest BCUT2D eigenvalue weighted by Crippen LogP contribution is -2.26. The van der Waals surface area contributed by atoms with Crippen molar-refractivity contribution in [3.8, 4) is 0 Å². The average molecular weight is 367 g/mol. The third-order valence-corrected chi connectivity index (χ3v) is 3.63. The molecule has 140 valence electrons. The minimum absolute atomic E-state index is 0.0691. The zero-order chi connectivity index (χ0) is 19.6. The van der Waals surface area contributed by atoms with Gasteiger partial charge in [0.1, 0.15) is 24.2 Å². The summed E-state index contributed by atoms with van der Waals surface area (Å²) in [5.74, 6) is -0.589. The summed E-state index contributed by atoms with van der Waals surface area (Å²) in [4.78, 5) is 32.1. The lowest BCUT2D eigenvalue weighted by atomic mass is 10.1. The van der Waals surface area contributed by atoms with Crippen LogP contribution in [0.2, 0.25) is 0 Å². The highest BCUT2D eigenvalue weighted by molar-refractivity contribution is 6.06. The first kappa shape index (κ1) is 18.5. The van der Waals surface area contributed by atoms with E-state index in [2.05, 4.69) is 20.4 Å². The molecule has 2 aromatic heterocycles. The maximum atomic E-state index is 12.2. The zero-order valence-electron chi connectivity index (χ0n) is 15.7. The van der Waals surface area contributed by atoms with E-state index in [1.54, 1.807) is 33.2 Å². The summed E-state index contributed by atoms with van der Waals surface area (Å²) in [6.07, 6.45) is 4.74. The Morgan fingerprint density at radius 2 is 1.85 bits per heavy atom. The summed E-state index contributed by atoms with van der Waals surface area (Å²) in [6.45, 7) is 6.79. The molecule has 0 amide bonds. The molecule has 8 nitrogen and oxygen atoms in total. The SMILES string of the molecule is CC(=O)c1nn(CC(=O)OC(C)(C)C)c2ccc(Nc3cncnc3)cc12. The molecule has 0 aliphatic heterocycles. The van der Waals surface area contributed by atoms with Gasteiger partial charge in [-0.15, -0.1) is 0 Å². The highest BCUT2D eigenvalue weighted by atomic mass is 16.6. The van der Waals surface area contributed by atoms with Gasteiger partial charge in [0.25, 0.3) is 0 Å². The van der Waals surface area contributed by atoms with Crippen LogP contribution in [0.1, 0.15) is 38.2 Å². The highest BCUT2D eigenvalue weighted by Gasteiger charge is 2.20. The van der Waals surface area contributed by atoms with Gasteiger partial charge in [-0.05, 0) is 39.0 Å². The molecule has 0 radical (unpaired) electrons. The van der Waals surface area contributed by atoms with Crippen LogP contribution in [0.3, 0.4) is 0 Å². The van der Waals surface area contributed by atoms with Crippen molar-refractivity contribution in [3.05, 3.63) is 42.6 Å². The number of carbonyl (C=O) groups excluding carboxylic acids is 2. The predicted octanol–water partition coefficient (Wildman–Crippen LogP) is 3.11. The Bertz CT molecular complexity index is 990. The first-order valence-corrected chi connectivity index (χ1v) is 8.48. The molecule has 0 fully saturated rings. The topological polar surface area (TPSA) is 99.0 Å². The molecule has 2 heterocycles. The van der Waals surface area contributed by atoms with E-state index in [4.69, 9.17) is 4.74 Å².